The third-order valence-electron chi connectivity index (χ3n) is 4.43. The van der Waals surface area contributed by atoms with Crippen LogP contribution in [0.2, 0.25) is 0 Å². The molecule has 1 saturated carbocycles. The van der Waals surface area contributed by atoms with Gasteiger partial charge in [0.2, 0.25) is 10.0 Å². The van der Waals surface area contributed by atoms with Gasteiger partial charge in [-0.2, -0.15) is 0 Å². The Kier molecular flexibility index (Phi) is 4.91. The fourth-order valence-corrected chi connectivity index (χ4v) is 4.78. The second-order valence-electron chi connectivity index (χ2n) is 5.88. The molecule has 2 atom stereocenters. The van der Waals surface area contributed by atoms with Gasteiger partial charge in [0.1, 0.15) is 4.90 Å². The summed E-state index contributed by atoms with van der Waals surface area (Å²) < 4.78 is 28.1. The number of aliphatic hydroxyl groups excluding tert-OH is 1. The lowest BCUT2D eigenvalue weighted by Gasteiger charge is -2.31. The Morgan fingerprint density at radius 2 is 1.95 bits per heavy atom. The monoisotopic (exact) mass is 312 g/mol. The quantitative estimate of drug-likeness (QED) is 0.738. The lowest BCUT2D eigenvalue weighted by atomic mass is 9.86. The van der Waals surface area contributed by atoms with Crippen LogP contribution in [0.15, 0.2) is 17.0 Å². The topological polar surface area (TPSA) is 92.4 Å². The number of aliphatic hydroxyl groups is 1. The number of rotatable bonds is 4. The van der Waals surface area contributed by atoms with Crippen molar-refractivity contribution in [3.05, 3.63) is 23.3 Å². The first-order valence-electron chi connectivity index (χ1n) is 7.35. The van der Waals surface area contributed by atoms with Crippen LogP contribution in [-0.2, 0) is 10.0 Å². The summed E-state index contributed by atoms with van der Waals surface area (Å²) in [5, 5.41) is 9.42. The molecule has 4 N–H and O–H groups in total. The lowest BCUT2D eigenvalue weighted by molar-refractivity contribution is 0.164. The van der Waals surface area contributed by atoms with Crippen molar-refractivity contribution in [1.82, 2.24) is 4.72 Å². The Balaban J connectivity index is 2.32. The Morgan fingerprint density at radius 1 is 1.29 bits per heavy atom. The Labute approximate surface area is 126 Å². The Bertz CT molecular complexity index is 614. The van der Waals surface area contributed by atoms with Crippen LogP contribution < -0.4 is 10.5 Å². The summed E-state index contributed by atoms with van der Waals surface area (Å²) in [6.07, 6.45) is 3.63. The summed E-state index contributed by atoms with van der Waals surface area (Å²) in [6.45, 7) is 3.64. The molecule has 0 radical (unpaired) electrons. The number of nitrogens with two attached hydrogens (primary N) is 1. The van der Waals surface area contributed by atoms with Crippen molar-refractivity contribution in [1.29, 1.82) is 0 Å². The van der Waals surface area contributed by atoms with E-state index in [1.54, 1.807) is 13.0 Å². The summed E-state index contributed by atoms with van der Waals surface area (Å²) in [7, 11) is -3.67. The molecule has 1 aromatic rings. The zero-order chi connectivity index (χ0) is 15.6. The predicted octanol–water partition coefficient (Wildman–Crippen LogP) is 1.72. The van der Waals surface area contributed by atoms with E-state index in [1.165, 1.54) is 0 Å². The number of nitrogen functional groups attached to an aromatic ring is 1. The van der Waals surface area contributed by atoms with Gasteiger partial charge in [-0.05, 0) is 49.8 Å². The van der Waals surface area contributed by atoms with Crippen LogP contribution in [-0.4, -0.2) is 26.2 Å². The molecule has 1 aliphatic carbocycles. The average molecular weight is 312 g/mol. The summed E-state index contributed by atoms with van der Waals surface area (Å²) in [5.41, 5.74) is 7.72. The molecule has 118 valence electrons. The molecule has 0 heterocycles. The summed E-state index contributed by atoms with van der Waals surface area (Å²) in [6, 6.07) is 3.23. The van der Waals surface area contributed by atoms with Gasteiger partial charge in [0.15, 0.2) is 0 Å². The molecule has 0 bridgehead atoms. The molecule has 0 spiro atoms. The van der Waals surface area contributed by atoms with Gasteiger partial charge in [-0.3, -0.25) is 0 Å². The minimum absolute atomic E-state index is 0.00939. The van der Waals surface area contributed by atoms with Gasteiger partial charge in [0.05, 0.1) is 5.69 Å². The van der Waals surface area contributed by atoms with Crippen molar-refractivity contribution < 1.29 is 13.5 Å². The highest BCUT2D eigenvalue weighted by Crippen LogP contribution is 2.29. The van der Waals surface area contributed by atoms with Crippen LogP contribution in [0, 0.1) is 19.8 Å². The fraction of sp³-hybridized carbons (Fsp3) is 0.600. The van der Waals surface area contributed by atoms with Gasteiger partial charge in [-0.25, -0.2) is 13.1 Å². The molecule has 6 heteroatoms. The van der Waals surface area contributed by atoms with Crippen molar-refractivity contribution in [2.24, 2.45) is 5.92 Å². The van der Waals surface area contributed by atoms with E-state index in [9.17, 15) is 13.5 Å². The molecule has 1 fully saturated rings. The van der Waals surface area contributed by atoms with E-state index in [1.807, 2.05) is 13.0 Å². The zero-order valence-electron chi connectivity index (χ0n) is 12.6. The van der Waals surface area contributed by atoms with Crippen LogP contribution in [0.4, 0.5) is 5.69 Å². The standard InChI is InChI=1S/C15H24N2O3S/c1-10-7-8-13(16)15(11(10)2)21(19,20)17-14-6-4-3-5-12(14)9-18/h7-8,12,14,17-18H,3-6,9,16H2,1-2H3. The molecule has 2 rings (SSSR count). The molecular weight excluding hydrogens is 288 g/mol. The van der Waals surface area contributed by atoms with Crippen LogP contribution in [0.3, 0.4) is 0 Å². The number of aryl methyl sites for hydroxylation is 1. The molecule has 0 aromatic heterocycles. The van der Waals surface area contributed by atoms with E-state index in [0.717, 1.165) is 31.2 Å². The third-order valence-corrected chi connectivity index (χ3v) is 6.12. The number of nitrogens with one attached hydrogen (secondary N) is 1. The van der Waals surface area contributed by atoms with Crippen LogP contribution in [0.25, 0.3) is 0 Å². The molecule has 5 nitrogen and oxygen atoms in total. The SMILES string of the molecule is Cc1ccc(N)c(S(=O)(=O)NC2CCCCC2CO)c1C. The molecular formula is C15H24N2O3S. The van der Waals surface area contributed by atoms with Crippen LogP contribution in [0.1, 0.15) is 36.8 Å². The van der Waals surface area contributed by atoms with E-state index < -0.39 is 10.0 Å². The highest BCUT2D eigenvalue weighted by molar-refractivity contribution is 7.89. The Hall–Kier alpha value is -1.11. The van der Waals surface area contributed by atoms with Crippen LogP contribution >= 0.6 is 0 Å². The summed E-state index contributed by atoms with van der Waals surface area (Å²) >= 11 is 0. The molecule has 2 unspecified atom stereocenters. The minimum atomic E-state index is -3.67. The van der Waals surface area contributed by atoms with Crippen molar-refractivity contribution >= 4 is 15.7 Å². The maximum absolute atomic E-state index is 12.7. The molecule has 1 aromatic carbocycles. The van der Waals surface area contributed by atoms with E-state index in [0.29, 0.717) is 5.56 Å². The van der Waals surface area contributed by atoms with Gasteiger partial charge in [0, 0.05) is 12.6 Å². The first-order valence-corrected chi connectivity index (χ1v) is 8.84. The number of sulfonamides is 1. The van der Waals surface area contributed by atoms with E-state index >= 15 is 0 Å². The maximum Gasteiger partial charge on any atom is 0.243 e. The summed E-state index contributed by atoms with van der Waals surface area (Å²) in [5.74, 6) is -0.0140. The summed E-state index contributed by atoms with van der Waals surface area (Å²) in [4.78, 5) is 0.171. The number of anilines is 1. The first-order chi connectivity index (χ1) is 9.86. The van der Waals surface area contributed by atoms with E-state index in [2.05, 4.69) is 4.72 Å². The molecule has 0 amide bonds. The normalized spacial score (nSPS) is 23.2. The van der Waals surface area contributed by atoms with E-state index in [-0.39, 0.29) is 29.1 Å². The van der Waals surface area contributed by atoms with Gasteiger partial charge in [-0.1, -0.05) is 18.9 Å². The molecule has 1 aliphatic rings. The predicted molar refractivity (Wildman–Crippen MR) is 83.5 cm³/mol. The molecule has 0 saturated heterocycles. The van der Waals surface area contributed by atoms with E-state index in [4.69, 9.17) is 5.73 Å². The highest BCUT2D eigenvalue weighted by Gasteiger charge is 2.30. The second-order valence-corrected chi connectivity index (χ2v) is 7.53. The van der Waals surface area contributed by atoms with Crippen molar-refractivity contribution in [3.63, 3.8) is 0 Å². The zero-order valence-corrected chi connectivity index (χ0v) is 13.4. The second kappa shape index (κ2) is 6.34. The highest BCUT2D eigenvalue weighted by atomic mass is 32.2. The number of hydrogen-bond donors (Lipinski definition) is 3. The van der Waals surface area contributed by atoms with Crippen molar-refractivity contribution in [2.75, 3.05) is 12.3 Å². The maximum atomic E-state index is 12.7. The van der Waals surface area contributed by atoms with Gasteiger partial charge >= 0.3 is 0 Å². The van der Waals surface area contributed by atoms with Gasteiger partial charge in [0.25, 0.3) is 0 Å². The number of hydrogen-bond acceptors (Lipinski definition) is 4. The van der Waals surface area contributed by atoms with Crippen molar-refractivity contribution in [2.45, 2.75) is 50.5 Å². The minimum Gasteiger partial charge on any atom is -0.398 e. The average Bonchev–Trinajstić information content (AvgIpc) is 2.43. The third kappa shape index (κ3) is 3.39. The number of benzene rings is 1. The van der Waals surface area contributed by atoms with Gasteiger partial charge in [-0.15, -0.1) is 0 Å². The Morgan fingerprint density at radius 3 is 2.62 bits per heavy atom. The first kappa shape index (κ1) is 16.3. The molecule has 21 heavy (non-hydrogen) atoms. The smallest absolute Gasteiger partial charge is 0.243 e. The largest absolute Gasteiger partial charge is 0.398 e. The lowest BCUT2D eigenvalue weighted by Crippen LogP contribution is -2.43. The van der Waals surface area contributed by atoms with Gasteiger partial charge < -0.3 is 10.8 Å². The van der Waals surface area contributed by atoms with Crippen LogP contribution in [0.5, 0.6) is 0 Å². The fourth-order valence-electron chi connectivity index (χ4n) is 3.01. The molecule has 0 aliphatic heterocycles. The van der Waals surface area contributed by atoms with Crippen molar-refractivity contribution in [3.8, 4) is 0 Å².